The largest absolute Gasteiger partial charge is 0.480 e. The van der Waals surface area contributed by atoms with Crippen LogP contribution in [0.1, 0.15) is 84.2 Å². The number of amides is 4. The normalized spacial score (nSPS) is 22.1. The SMILES string of the molecule is CC(O)(C#CCOc1cccc2c1C(=O)N(C13CCC(C1)C(=O)NC3=O)C2=O)CCCN1CCC(n2cc(-c3cnc4cccc(-c5cc(F)c(CN6CCOCC6)c(F)c5)c4n3)cn2)CC1. The van der Waals surface area contributed by atoms with Gasteiger partial charge in [-0.2, -0.15) is 5.10 Å². The highest BCUT2D eigenvalue weighted by Gasteiger charge is 2.61. The first-order valence-electron chi connectivity index (χ1n) is 22.9. The monoisotopic (exact) mass is 912 g/mol. The van der Waals surface area contributed by atoms with Crippen LogP contribution in [-0.4, -0.2) is 127 Å². The molecule has 2 aromatic heterocycles. The molecule has 2 N–H and O–H groups in total. The Morgan fingerprint density at radius 3 is 2.49 bits per heavy atom. The smallest absolute Gasteiger partial charge is 0.266 e. The first-order valence-corrected chi connectivity index (χ1v) is 22.9. The van der Waals surface area contributed by atoms with E-state index in [1.807, 2.05) is 21.8 Å². The van der Waals surface area contributed by atoms with Gasteiger partial charge in [0.2, 0.25) is 5.91 Å². The Morgan fingerprint density at radius 1 is 0.940 bits per heavy atom. The Hall–Kier alpha value is -6.45. The lowest BCUT2D eigenvalue weighted by atomic mass is 9.89. The van der Waals surface area contributed by atoms with E-state index in [2.05, 4.69) is 27.0 Å². The maximum absolute atomic E-state index is 15.4. The van der Waals surface area contributed by atoms with E-state index in [1.54, 1.807) is 43.6 Å². The number of aliphatic hydroxyl groups is 1. The van der Waals surface area contributed by atoms with Crippen LogP contribution >= 0.6 is 0 Å². The number of morpholine rings is 1. The third-order valence-electron chi connectivity index (χ3n) is 14.0. The molecule has 0 spiro atoms. The van der Waals surface area contributed by atoms with Crippen molar-refractivity contribution in [1.82, 2.24) is 39.8 Å². The first-order chi connectivity index (χ1) is 32.4. The van der Waals surface area contributed by atoms with Crippen LogP contribution in [-0.2, 0) is 20.9 Å². The minimum Gasteiger partial charge on any atom is -0.480 e. The number of aromatic nitrogens is 4. The van der Waals surface area contributed by atoms with Crippen molar-refractivity contribution < 1.29 is 42.5 Å². The van der Waals surface area contributed by atoms with Crippen LogP contribution in [0.4, 0.5) is 8.78 Å². The molecule has 1 aliphatic carbocycles. The Labute approximate surface area is 385 Å². The van der Waals surface area contributed by atoms with Crippen molar-refractivity contribution in [2.75, 3.05) is 52.5 Å². The number of imide groups is 2. The zero-order valence-corrected chi connectivity index (χ0v) is 37.1. The fourth-order valence-corrected chi connectivity index (χ4v) is 10.3. The number of rotatable bonds is 12. The summed E-state index contributed by atoms with van der Waals surface area (Å²) in [4.78, 5) is 67.4. The number of piperidine rings is 2. The molecule has 17 heteroatoms. The molecule has 15 nitrogen and oxygen atoms in total. The molecule has 6 heterocycles. The molecule has 2 bridgehead atoms. The molecule has 3 unspecified atom stereocenters. The number of hydrogen-bond acceptors (Lipinski definition) is 12. The minimum atomic E-state index is -1.40. The number of para-hydroxylation sites is 1. The maximum atomic E-state index is 15.4. The van der Waals surface area contributed by atoms with E-state index in [4.69, 9.17) is 19.6 Å². The molecule has 10 rings (SSSR count). The number of carbonyl (C=O) groups excluding carboxylic acids is 4. The third kappa shape index (κ3) is 8.59. The van der Waals surface area contributed by atoms with Crippen molar-refractivity contribution in [2.24, 2.45) is 5.92 Å². The molecule has 4 fully saturated rings. The number of halogens is 2. The van der Waals surface area contributed by atoms with E-state index >= 15 is 8.78 Å². The van der Waals surface area contributed by atoms with Crippen LogP contribution in [0, 0.1) is 29.4 Å². The van der Waals surface area contributed by atoms with E-state index in [0.717, 1.165) is 42.9 Å². The summed E-state index contributed by atoms with van der Waals surface area (Å²) in [5, 5.41) is 18.1. The second kappa shape index (κ2) is 18.0. The van der Waals surface area contributed by atoms with Crippen molar-refractivity contribution in [2.45, 2.75) is 75.6 Å². The van der Waals surface area contributed by atoms with Gasteiger partial charge < -0.3 is 19.5 Å². The standard InChI is InChI=1S/C50H50F2N8O7/c1-49(65,14-5-21-67-42-9-3-7-36-43(42)47(63)60(46(36)62)50-15-10-31(26-50)45(61)56-48(50)64)13-4-16-57-17-11-34(12-18-57)59-29-33(27-54-59)41-28-53-40-8-2-6-35(44(40)55-41)32-24-38(51)37(39(52)25-32)30-58-19-22-66-23-20-58/h2-3,6-9,24-25,27-29,31,34,65H,4,10-13,15-23,26,30H2,1H3,(H,56,61,64). The van der Waals surface area contributed by atoms with E-state index in [9.17, 15) is 24.3 Å². The topological polar surface area (TPSA) is 172 Å². The number of fused-ring (bicyclic) bond motifs is 4. The summed E-state index contributed by atoms with van der Waals surface area (Å²) in [5.41, 5.74) is 1.07. The minimum absolute atomic E-state index is 0.0412. The first kappa shape index (κ1) is 44.4. The van der Waals surface area contributed by atoms with Gasteiger partial charge in [-0.3, -0.25) is 44.0 Å². The van der Waals surface area contributed by atoms with Crippen LogP contribution in [0.15, 0.2) is 67.1 Å². The summed E-state index contributed by atoms with van der Waals surface area (Å²) in [6.45, 7) is 6.51. The van der Waals surface area contributed by atoms with Gasteiger partial charge in [0, 0.05) is 61.5 Å². The van der Waals surface area contributed by atoms with Crippen LogP contribution < -0.4 is 10.1 Å². The van der Waals surface area contributed by atoms with E-state index < -0.39 is 46.4 Å². The molecule has 3 atom stereocenters. The van der Waals surface area contributed by atoms with Crippen molar-refractivity contribution in [3.05, 3.63) is 95.4 Å². The lowest BCUT2D eigenvalue weighted by Gasteiger charge is -2.37. The van der Waals surface area contributed by atoms with Crippen LogP contribution in [0.2, 0.25) is 0 Å². The molecule has 4 amide bonds. The molecule has 3 saturated heterocycles. The molecule has 4 aliphatic heterocycles. The molecular weight excluding hydrogens is 863 g/mol. The van der Waals surface area contributed by atoms with Gasteiger partial charge in [-0.15, -0.1) is 0 Å². The van der Waals surface area contributed by atoms with Crippen molar-refractivity contribution in [3.8, 4) is 40.0 Å². The number of ether oxygens (including phenoxy) is 2. The quantitative estimate of drug-likeness (QED) is 0.122. The summed E-state index contributed by atoms with van der Waals surface area (Å²) in [6, 6.07) is 13.1. The predicted octanol–water partition coefficient (Wildman–Crippen LogP) is 5.31. The fourth-order valence-electron chi connectivity index (χ4n) is 10.3. The van der Waals surface area contributed by atoms with Gasteiger partial charge in [0.15, 0.2) is 0 Å². The Balaban J connectivity index is 0.712. The van der Waals surface area contributed by atoms with Gasteiger partial charge in [-0.05, 0) is 94.3 Å². The molecular formula is C50H50F2N8O7. The van der Waals surface area contributed by atoms with E-state index in [0.29, 0.717) is 73.4 Å². The number of likely N-dealkylation sites (tertiary alicyclic amines) is 1. The van der Waals surface area contributed by atoms with Gasteiger partial charge in [-0.25, -0.2) is 13.8 Å². The molecule has 0 radical (unpaired) electrons. The molecule has 67 heavy (non-hydrogen) atoms. The Bertz CT molecular complexity index is 2840. The molecule has 5 aliphatic rings. The highest BCUT2D eigenvalue weighted by Crippen LogP contribution is 2.46. The Morgan fingerprint density at radius 2 is 1.70 bits per heavy atom. The summed E-state index contributed by atoms with van der Waals surface area (Å²) in [5.74, 6) is 2.06. The number of nitrogens with one attached hydrogen (secondary N) is 1. The third-order valence-corrected chi connectivity index (χ3v) is 14.0. The predicted molar refractivity (Wildman–Crippen MR) is 240 cm³/mol. The maximum Gasteiger partial charge on any atom is 0.266 e. The molecule has 5 aromatic rings. The summed E-state index contributed by atoms with van der Waals surface area (Å²) < 4.78 is 44.1. The van der Waals surface area contributed by atoms with Crippen molar-refractivity contribution in [3.63, 3.8) is 0 Å². The van der Waals surface area contributed by atoms with Gasteiger partial charge in [-0.1, -0.05) is 30.0 Å². The lowest BCUT2D eigenvalue weighted by Crippen LogP contribution is -2.63. The van der Waals surface area contributed by atoms with E-state index in [-0.39, 0.29) is 60.4 Å². The highest BCUT2D eigenvalue weighted by molar-refractivity contribution is 6.25. The highest BCUT2D eigenvalue weighted by atomic mass is 19.1. The molecule has 1 saturated carbocycles. The average Bonchev–Trinajstić information content (AvgIpc) is 4.05. The molecule has 346 valence electrons. The number of hydrogen-bond donors (Lipinski definition) is 2. The second-order valence-corrected chi connectivity index (χ2v) is 18.4. The van der Waals surface area contributed by atoms with Gasteiger partial charge in [0.05, 0.1) is 59.5 Å². The van der Waals surface area contributed by atoms with Crippen molar-refractivity contribution in [1.29, 1.82) is 0 Å². The van der Waals surface area contributed by atoms with Gasteiger partial charge in [0.1, 0.15) is 35.1 Å². The van der Waals surface area contributed by atoms with E-state index in [1.165, 1.54) is 18.2 Å². The number of nitrogens with zero attached hydrogens (tertiary/aromatic N) is 7. The molecule has 3 aromatic carbocycles. The summed E-state index contributed by atoms with van der Waals surface area (Å²) in [6.07, 6.45) is 9.08. The lowest BCUT2D eigenvalue weighted by molar-refractivity contribution is -0.141. The van der Waals surface area contributed by atoms with Crippen LogP contribution in [0.3, 0.4) is 0 Å². The number of carbonyl (C=O) groups is 4. The van der Waals surface area contributed by atoms with Crippen molar-refractivity contribution >= 4 is 34.7 Å². The van der Waals surface area contributed by atoms with Crippen LogP contribution in [0.5, 0.6) is 5.75 Å². The second-order valence-electron chi connectivity index (χ2n) is 18.4. The zero-order chi connectivity index (χ0) is 46.5. The zero-order valence-electron chi connectivity index (χ0n) is 37.1. The summed E-state index contributed by atoms with van der Waals surface area (Å²) in [7, 11) is 0. The average molecular weight is 913 g/mol. The fraction of sp³-hybridized carbons (Fsp3) is 0.420. The van der Waals surface area contributed by atoms with Crippen LogP contribution in [0.25, 0.3) is 33.4 Å². The van der Waals surface area contributed by atoms with Gasteiger partial charge in [0.25, 0.3) is 17.7 Å². The Kier molecular flexibility index (Phi) is 11.9. The summed E-state index contributed by atoms with van der Waals surface area (Å²) >= 11 is 0. The number of benzene rings is 3. The van der Waals surface area contributed by atoms with Gasteiger partial charge >= 0.3 is 0 Å².